The Morgan fingerprint density at radius 2 is 1.93 bits per heavy atom. The highest BCUT2D eigenvalue weighted by atomic mass is 35.5. The van der Waals surface area contributed by atoms with E-state index in [1.807, 2.05) is 0 Å². The predicted octanol–water partition coefficient (Wildman–Crippen LogP) is 0.598. The highest BCUT2D eigenvalue weighted by Gasteiger charge is 2.27. The molecule has 0 spiro atoms. The van der Waals surface area contributed by atoms with E-state index in [1.165, 1.54) is 0 Å². The molecule has 0 bridgehead atoms. The highest BCUT2D eigenvalue weighted by molar-refractivity contribution is 6.30. The second-order valence-corrected chi connectivity index (χ2v) is 4.48. The van der Waals surface area contributed by atoms with Crippen LogP contribution >= 0.6 is 11.6 Å². The van der Waals surface area contributed by atoms with Gasteiger partial charge in [-0.15, -0.1) is 11.6 Å². The van der Waals surface area contributed by atoms with Crippen LogP contribution in [0.5, 0.6) is 0 Å². The molecule has 1 aliphatic rings. The van der Waals surface area contributed by atoms with Crippen LogP contribution in [-0.4, -0.2) is 42.2 Å². The van der Waals surface area contributed by atoms with Crippen molar-refractivity contribution in [1.82, 2.24) is 10.2 Å². The number of hydrogen-bond donors (Lipinski definition) is 1. The van der Waals surface area contributed by atoms with Crippen LogP contribution in [0.3, 0.4) is 0 Å². The molecule has 0 radical (unpaired) electrons. The van der Waals surface area contributed by atoms with Crippen LogP contribution in [0.1, 0.15) is 19.8 Å². The monoisotopic (exact) mass is 232 g/mol. The average molecular weight is 233 g/mol. The first kappa shape index (κ1) is 12.3. The molecule has 15 heavy (non-hydrogen) atoms. The van der Waals surface area contributed by atoms with Gasteiger partial charge >= 0.3 is 0 Å². The third-order valence-electron chi connectivity index (χ3n) is 2.76. The Labute approximate surface area is 95.0 Å². The summed E-state index contributed by atoms with van der Waals surface area (Å²) < 4.78 is 0. The lowest BCUT2D eigenvalue weighted by atomic mass is 9.96. The zero-order valence-corrected chi connectivity index (χ0v) is 9.88. The normalized spacial score (nSPS) is 19.8. The Morgan fingerprint density at radius 3 is 2.33 bits per heavy atom. The van der Waals surface area contributed by atoms with E-state index in [2.05, 4.69) is 5.32 Å². The van der Waals surface area contributed by atoms with Crippen molar-refractivity contribution < 1.29 is 9.59 Å². The van der Waals surface area contributed by atoms with Crippen LogP contribution in [0.15, 0.2) is 0 Å². The van der Waals surface area contributed by atoms with Crippen molar-refractivity contribution in [3.63, 3.8) is 0 Å². The van der Waals surface area contributed by atoms with Gasteiger partial charge in [0.05, 0.1) is 0 Å². The van der Waals surface area contributed by atoms with Crippen molar-refractivity contribution in [1.29, 1.82) is 0 Å². The summed E-state index contributed by atoms with van der Waals surface area (Å²) in [5.41, 5.74) is 0. The summed E-state index contributed by atoms with van der Waals surface area (Å²) in [5.74, 6) is 0.0812. The minimum Gasteiger partial charge on any atom is -0.359 e. The fourth-order valence-corrected chi connectivity index (χ4v) is 1.96. The second-order valence-electron chi connectivity index (χ2n) is 3.83. The topological polar surface area (TPSA) is 49.4 Å². The maximum atomic E-state index is 11.5. The summed E-state index contributed by atoms with van der Waals surface area (Å²) >= 11 is 5.72. The molecule has 86 valence electrons. The second kappa shape index (κ2) is 5.35. The molecule has 1 unspecified atom stereocenters. The number of alkyl halides is 1. The zero-order chi connectivity index (χ0) is 11.4. The zero-order valence-electron chi connectivity index (χ0n) is 9.12. The van der Waals surface area contributed by atoms with Gasteiger partial charge in [0.15, 0.2) is 0 Å². The van der Waals surface area contributed by atoms with Crippen LogP contribution in [0, 0.1) is 5.92 Å². The standard InChI is InChI=1S/C10H17ClN2O2/c1-7(11)10(15)13-5-3-8(4-6-13)9(14)12-2/h7-8H,3-6H2,1-2H3,(H,12,14). The number of likely N-dealkylation sites (tertiary alicyclic amines) is 1. The number of halogens is 1. The SMILES string of the molecule is CNC(=O)C1CCN(C(=O)C(C)Cl)CC1. The van der Waals surface area contributed by atoms with Crippen LogP contribution in [0.2, 0.25) is 0 Å². The molecular formula is C10H17ClN2O2. The van der Waals surface area contributed by atoms with Gasteiger partial charge in [-0.3, -0.25) is 9.59 Å². The largest absolute Gasteiger partial charge is 0.359 e. The van der Waals surface area contributed by atoms with E-state index in [0.29, 0.717) is 13.1 Å². The Bertz CT molecular complexity index is 248. The minimum atomic E-state index is -0.471. The van der Waals surface area contributed by atoms with E-state index >= 15 is 0 Å². The van der Waals surface area contributed by atoms with Crippen molar-refractivity contribution in [2.45, 2.75) is 25.1 Å². The molecule has 4 nitrogen and oxygen atoms in total. The number of piperidine rings is 1. The van der Waals surface area contributed by atoms with Crippen LogP contribution < -0.4 is 5.32 Å². The first-order chi connectivity index (χ1) is 7.06. The van der Waals surface area contributed by atoms with Crippen molar-refractivity contribution in [3.05, 3.63) is 0 Å². The van der Waals surface area contributed by atoms with E-state index in [4.69, 9.17) is 11.6 Å². The number of rotatable bonds is 2. The molecule has 0 saturated carbocycles. The quantitative estimate of drug-likeness (QED) is 0.709. The molecule has 2 amide bonds. The molecule has 5 heteroatoms. The summed E-state index contributed by atoms with van der Waals surface area (Å²) in [4.78, 5) is 24.6. The molecule has 1 heterocycles. The summed E-state index contributed by atoms with van der Waals surface area (Å²) in [5, 5.41) is 2.16. The van der Waals surface area contributed by atoms with Gasteiger partial charge in [0.2, 0.25) is 11.8 Å². The lowest BCUT2D eigenvalue weighted by Gasteiger charge is -2.31. The summed E-state index contributed by atoms with van der Waals surface area (Å²) in [6.07, 6.45) is 1.46. The fraction of sp³-hybridized carbons (Fsp3) is 0.800. The lowest BCUT2D eigenvalue weighted by Crippen LogP contribution is -2.44. The van der Waals surface area contributed by atoms with Gasteiger partial charge in [-0.1, -0.05) is 0 Å². The lowest BCUT2D eigenvalue weighted by molar-refractivity contribution is -0.134. The Kier molecular flexibility index (Phi) is 4.39. The molecule has 1 saturated heterocycles. The van der Waals surface area contributed by atoms with Gasteiger partial charge < -0.3 is 10.2 Å². The first-order valence-electron chi connectivity index (χ1n) is 5.20. The maximum Gasteiger partial charge on any atom is 0.240 e. The van der Waals surface area contributed by atoms with E-state index in [9.17, 15) is 9.59 Å². The van der Waals surface area contributed by atoms with Crippen LogP contribution in [0.25, 0.3) is 0 Å². The van der Waals surface area contributed by atoms with E-state index in [0.717, 1.165) is 12.8 Å². The van der Waals surface area contributed by atoms with E-state index in [-0.39, 0.29) is 17.7 Å². The Hall–Kier alpha value is -0.770. The number of amides is 2. The molecule has 0 aliphatic carbocycles. The number of carbonyl (C=O) groups excluding carboxylic acids is 2. The molecule has 1 N–H and O–H groups in total. The molecular weight excluding hydrogens is 216 g/mol. The summed E-state index contributed by atoms with van der Waals surface area (Å²) in [6.45, 7) is 2.94. The highest BCUT2D eigenvalue weighted by Crippen LogP contribution is 2.18. The summed E-state index contributed by atoms with van der Waals surface area (Å²) in [7, 11) is 1.64. The molecule has 1 rings (SSSR count). The third kappa shape index (κ3) is 3.09. The number of hydrogen-bond acceptors (Lipinski definition) is 2. The number of nitrogens with zero attached hydrogens (tertiary/aromatic N) is 1. The van der Waals surface area contributed by atoms with Crippen LogP contribution in [0.4, 0.5) is 0 Å². The van der Waals surface area contributed by atoms with Gasteiger partial charge in [0, 0.05) is 26.1 Å². The molecule has 0 aromatic carbocycles. The van der Waals surface area contributed by atoms with Crippen molar-refractivity contribution in [2.75, 3.05) is 20.1 Å². The Morgan fingerprint density at radius 1 is 1.40 bits per heavy atom. The Balaban J connectivity index is 2.42. The maximum absolute atomic E-state index is 11.5. The number of carbonyl (C=O) groups is 2. The van der Waals surface area contributed by atoms with Gasteiger partial charge in [0.1, 0.15) is 5.38 Å². The molecule has 0 aromatic heterocycles. The van der Waals surface area contributed by atoms with Gasteiger partial charge in [-0.05, 0) is 19.8 Å². The van der Waals surface area contributed by atoms with Crippen LogP contribution in [-0.2, 0) is 9.59 Å². The molecule has 1 aliphatic heterocycles. The fourth-order valence-electron chi connectivity index (χ4n) is 1.82. The van der Waals surface area contributed by atoms with E-state index < -0.39 is 5.38 Å². The summed E-state index contributed by atoms with van der Waals surface area (Å²) in [6, 6.07) is 0. The third-order valence-corrected chi connectivity index (χ3v) is 2.95. The minimum absolute atomic E-state index is 0.0352. The van der Waals surface area contributed by atoms with Crippen molar-refractivity contribution in [2.24, 2.45) is 5.92 Å². The predicted molar refractivity (Wildman–Crippen MR) is 58.7 cm³/mol. The van der Waals surface area contributed by atoms with Crippen molar-refractivity contribution >= 4 is 23.4 Å². The smallest absolute Gasteiger partial charge is 0.240 e. The van der Waals surface area contributed by atoms with Gasteiger partial charge in [0.25, 0.3) is 0 Å². The van der Waals surface area contributed by atoms with Crippen molar-refractivity contribution in [3.8, 4) is 0 Å². The van der Waals surface area contributed by atoms with Gasteiger partial charge in [-0.25, -0.2) is 0 Å². The molecule has 1 fully saturated rings. The first-order valence-corrected chi connectivity index (χ1v) is 5.64. The molecule has 0 aromatic rings. The number of nitrogens with one attached hydrogen (secondary N) is 1. The molecule has 1 atom stereocenters. The van der Waals surface area contributed by atoms with Gasteiger partial charge in [-0.2, -0.15) is 0 Å². The van der Waals surface area contributed by atoms with E-state index in [1.54, 1.807) is 18.9 Å². The average Bonchev–Trinajstić information content (AvgIpc) is 2.27.